The van der Waals surface area contributed by atoms with Crippen molar-refractivity contribution in [2.24, 2.45) is 0 Å². The van der Waals surface area contributed by atoms with Gasteiger partial charge in [-0.2, -0.15) is 0 Å². The molecular formula is C21H16N2O. The maximum atomic E-state index is 12.2. The molecule has 3 heteroatoms. The third kappa shape index (κ3) is 4.08. The number of amides is 1. The second kappa shape index (κ2) is 7.26. The SMILES string of the molecule is Cc1cccc(C#Cc2cccc(NC(=O)c3ccccc3)c2)n1. The molecule has 0 aliphatic carbocycles. The molecule has 1 amide bonds. The summed E-state index contributed by atoms with van der Waals surface area (Å²) < 4.78 is 0. The van der Waals surface area contributed by atoms with Crippen molar-refractivity contribution in [2.75, 3.05) is 5.32 Å². The molecule has 0 bridgehead atoms. The molecule has 3 aromatic rings. The number of hydrogen-bond acceptors (Lipinski definition) is 2. The van der Waals surface area contributed by atoms with E-state index in [9.17, 15) is 4.79 Å². The normalized spacial score (nSPS) is 9.71. The average molecular weight is 312 g/mol. The average Bonchev–Trinajstić information content (AvgIpc) is 2.61. The Kier molecular flexibility index (Phi) is 4.69. The first-order valence-electron chi connectivity index (χ1n) is 7.63. The molecule has 0 fully saturated rings. The number of carbonyl (C=O) groups is 1. The first kappa shape index (κ1) is 15.5. The van der Waals surface area contributed by atoms with Crippen LogP contribution in [0.2, 0.25) is 0 Å². The summed E-state index contributed by atoms with van der Waals surface area (Å²) in [6.45, 7) is 1.94. The fourth-order valence-electron chi connectivity index (χ4n) is 2.22. The minimum Gasteiger partial charge on any atom is -0.322 e. The lowest BCUT2D eigenvalue weighted by Crippen LogP contribution is -2.11. The Hall–Kier alpha value is -3.38. The van der Waals surface area contributed by atoms with Gasteiger partial charge < -0.3 is 5.32 Å². The molecule has 3 rings (SSSR count). The van der Waals surface area contributed by atoms with Crippen molar-refractivity contribution in [1.82, 2.24) is 4.98 Å². The van der Waals surface area contributed by atoms with Gasteiger partial charge in [-0.25, -0.2) is 4.98 Å². The molecular weight excluding hydrogens is 296 g/mol. The van der Waals surface area contributed by atoms with E-state index in [1.807, 2.05) is 67.6 Å². The summed E-state index contributed by atoms with van der Waals surface area (Å²) in [5, 5.41) is 2.88. The molecule has 0 saturated heterocycles. The number of pyridine rings is 1. The van der Waals surface area contributed by atoms with Crippen molar-refractivity contribution in [3.05, 3.63) is 95.3 Å². The second-order valence-corrected chi connectivity index (χ2v) is 5.32. The number of nitrogens with zero attached hydrogens (tertiary/aromatic N) is 1. The largest absolute Gasteiger partial charge is 0.322 e. The van der Waals surface area contributed by atoms with Crippen molar-refractivity contribution in [3.8, 4) is 11.8 Å². The second-order valence-electron chi connectivity index (χ2n) is 5.32. The Morgan fingerprint density at radius 2 is 1.71 bits per heavy atom. The Morgan fingerprint density at radius 3 is 2.50 bits per heavy atom. The first-order valence-corrected chi connectivity index (χ1v) is 7.63. The third-order valence-electron chi connectivity index (χ3n) is 3.38. The number of hydrogen-bond donors (Lipinski definition) is 1. The quantitative estimate of drug-likeness (QED) is 0.726. The molecule has 3 nitrogen and oxygen atoms in total. The van der Waals surface area contributed by atoms with Crippen LogP contribution < -0.4 is 5.32 Å². The van der Waals surface area contributed by atoms with Crippen LogP contribution in [0.4, 0.5) is 5.69 Å². The van der Waals surface area contributed by atoms with Crippen molar-refractivity contribution in [3.63, 3.8) is 0 Å². The van der Waals surface area contributed by atoms with Crippen LogP contribution in [-0.2, 0) is 0 Å². The molecule has 0 aliphatic heterocycles. The van der Waals surface area contributed by atoms with Crippen LogP contribution in [0.5, 0.6) is 0 Å². The third-order valence-corrected chi connectivity index (χ3v) is 3.38. The van der Waals surface area contributed by atoms with Gasteiger partial charge in [0.1, 0.15) is 5.69 Å². The fraction of sp³-hybridized carbons (Fsp3) is 0.0476. The van der Waals surface area contributed by atoms with E-state index in [4.69, 9.17) is 0 Å². The van der Waals surface area contributed by atoms with E-state index < -0.39 is 0 Å². The van der Waals surface area contributed by atoms with Crippen LogP contribution in [0.15, 0.2) is 72.8 Å². The minimum atomic E-state index is -0.138. The van der Waals surface area contributed by atoms with E-state index in [2.05, 4.69) is 22.1 Å². The molecule has 24 heavy (non-hydrogen) atoms. The zero-order valence-corrected chi connectivity index (χ0v) is 13.3. The predicted molar refractivity (Wildman–Crippen MR) is 95.8 cm³/mol. The maximum Gasteiger partial charge on any atom is 0.255 e. The maximum absolute atomic E-state index is 12.2. The highest BCUT2D eigenvalue weighted by Crippen LogP contribution is 2.12. The van der Waals surface area contributed by atoms with Crippen molar-refractivity contribution in [2.45, 2.75) is 6.92 Å². The summed E-state index contributed by atoms with van der Waals surface area (Å²) in [4.78, 5) is 16.5. The molecule has 1 aromatic heterocycles. The summed E-state index contributed by atoms with van der Waals surface area (Å²) in [7, 11) is 0. The highest BCUT2D eigenvalue weighted by molar-refractivity contribution is 6.04. The minimum absolute atomic E-state index is 0.138. The zero-order valence-electron chi connectivity index (χ0n) is 13.3. The number of benzene rings is 2. The zero-order chi connectivity index (χ0) is 16.8. The van der Waals surface area contributed by atoms with Gasteiger partial charge in [0.25, 0.3) is 5.91 Å². The van der Waals surface area contributed by atoms with Gasteiger partial charge in [0, 0.05) is 22.5 Å². The topological polar surface area (TPSA) is 42.0 Å². The molecule has 116 valence electrons. The van der Waals surface area contributed by atoms with Gasteiger partial charge in [-0.05, 0) is 55.3 Å². The Bertz CT molecular complexity index is 921. The summed E-state index contributed by atoms with van der Waals surface area (Å²) in [5.74, 6) is 5.98. The summed E-state index contributed by atoms with van der Waals surface area (Å²) in [6, 6.07) is 22.3. The Morgan fingerprint density at radius 1 is 0.917 bits per heavy atom. The van der Waals surface area contributed by atoms with E-state index in [-0.39, 0.29) is 5.91 Å². The van der Waals surface area contributed by atoms with Crippen molar-refractivity contribution < 1.29 is 4.79 Å². The number of rotatable bonds is 2. The fourth-order valence-corrected chi connectivity index (χ4v) is 2.22. The first-order chi connectivity index (χ1) is 11.7. The number of anilines is 1. The molecule has 0 spiro atoms. The molecule has 1 N–H and O–H groups in total. The molecule has 2 aromatic carbocycles. The standard InChI is InChI=1S/C21H16N2O/c1-16-7-5-11-19(22-16)14-13-17-8-6-12-20(15-17)23-21(24)18-9-3-2-4-10-18/h2-12,15H,1H3,(H,23,24). The van der Waals surface area contributed by atoms with Gasteiger partial charge in [0.05, 0.1) is 0 Å². The van der Waals surface area contributed by atoms with Gasteiger partial charge in [-0.15, -0.1) is 0 Å². The highest BCUT2D eigenvalue weighted by Gasteiger charge is 2.04. The lowest BCUT2D eigenvalue weighted by atomic mass is 10.1. The van der Waals surface area contributed by atoms with E-state index in [1.165, 1.54) is 0 Å². The molecule has 0 aliphatic rings. The van der Waals surface area contributed by atoms with Crippen LogP contribution in [0.25, 0.3) is 0 Å². The summed E-state index contributed by atoms with van der Waals surface area (Å²) in [5.41, 5.74) is 3.83. The Labute approximate surface area is 141 Å². The van der Waals surface area contributed by atoms with E-state index >= 15 is 0 Å². The lowest BCUT2D eigenvalue weighted by molar-refractivity contribution is 0.102. The lowest BCUT2D eigenvalue weighted by Gasteiger charge is -2.05. The molecule has 1 heterocycles. The van der Waals surface area contributed by atoms with Crippen LogP contribution >= 0.6 is 0 Å². The van der Waals surface area contributed by atoms with Crippen LogP contribution in [0.3, 0.4) is 0 Å². The number of carbonyl (C=O) groups excluding carboxylic acids is 1. The van der Waals surface area contributed by atoms with Crippen molar-refractivity contribution >= 4 is 11.6 Å². The van der Waals surface area contributed by atoms with Crippen LogP contribution in [0.1, 0.15) is 27.3 Å². The van der Waals surface area contributed by atoms with Crippen molar-refractivity contribution in [1.29, 1.82) is 0 Å². The van der Waals surface area contributed by atoms with Gasteiger partial charge in [-0.3, -0.25) is 4.79 Å². The highest BCUT2D eigenvalue weighted by atomic mass is 16.1. The number of aryl methyl sites for hydroxylation is 1. The number of aromatic nitrogens is 1. The van der Waals surface area contributed by atoms with Crippen LogP contribution in [-0.4, -0.2) is 10.9 Å². The summed E-state index contributed by atoms with van der Waals surface area (Å²) >= 11 is 0. The predicted octanol–water partition coefficient (Wildman–Crippen LogP) is 4.04. The van der Waals surface area contributed by atoms with Gasteiger partial charge >= 0.3 is 0 Å². The van der Waals surface area contributed by atoms with E-state index in [0.717, 1.165) is 17.0 Å². The van der Waals surface area contributed by atoms with Gasteiger partial charge in [-0.1, -0.05) is 36.3 Å². The van der Waals surface area contributed by atoms with Gasteiger partial charge in [0.2, 0.25) is 0 Å². The monoisotopic (exact) mass is 312 g/mol. The van der Waals surface area contributed by atoms with E-state index in [0.29, 0.717) is 11.3 Å². The van der Waals surface area contributed by atoms with Gasteiger partial charge in [0.15, 0.2) is 0 Å². The molecule has 0 radical (unpaired) electrons. The molecule has 0 atom stereocenters. The van der Waals surface area contributed by atoms with Crippen LogP contribution in [0, 0.1) is 18.8 Å². The van der Waals surface area contributed by atoms with E-state index in [1.54, 1.807) is 12.1 Å². The Balaban J connectivity index is 1.76. The molecule has 0 unspecified atom stereocenters. The molecule has 0 saturated carbocycles. The summed E-state index contributed by atoms with van der Waals surface area (Å²) in [6.07, 6.45) is 0. The smallest absolute Gasteiger partial charge is 0.255 e. The number of nitrogens with one attached hydrogen (secondary N) is 1.